The van der Waals surface area contributed by atoms with Crippen LogP contribution in [0, 0.1) is 11.3 Å². The van der Waals surface area contributed by atoms with Crippen LogP contribution in [0.5, 0.6) is 0 Å². The van der Waals surface area contributed by atoms with Crippen LogP contribution in [0.3, 0.4) is 0 Å². The van der Waals surface area contributed by atoms with Gasteiger partial charge in [-0.15, -0.1) is 0 Å². The molecule has 0 bridgehead atoms. The summed E-state index contributed by atoms with van der Waals surface area (Å²) in [5, 5.41) is 21.7. The number of carbonyl (C=O) groups is 5. The van der Waals surface area contributed by atoms with Crippen LogP contribution in [-0.2, 0) is 28.8 Å². The first-order valence-corrected chi connectivity index (χ1v) is 18.2. The first kappa shape index (κ1) is 37.0. The Labute approximate surface area is 293 Å². The van der Waals surface area contributed by atoms with Gasteiger partial charge < -0.3 is 25.5 Å². The molecule has 1 spiro atoms. The third-order valence-electron chi connectivity index (χ3n) is 10.3. The minimum atomic E-state index is -1.11. The van der Waals surface area contributed by atoms with E-state index in [1.54, 1.807) is 12.1 Å². The molecule has 5 rings (SSSR count). The van der Waals surface area contributed by atoms with Crippen molar-refractivity contribution in [3.8, 4) is 0 Å². The van der Waals surface area contributed by atoms with Crippen LogP contribution >= 0.6 is 11.6 Å². The number of nitrogens with zero attached hydrogens (tertiary/aromatic N) is 2. The SMILES string of the molecule is CCC[C@H](NC(=O)[C@@H]1C[C@]2(CC(c3cccc(Cl)c3)=NO2)CN1C(=O)[C@@H](NC(=O)CC1(O)CCCCC1)C(C)(C)C)C(=O)C(=O)CC1CC1. The summed E-state index contributed by atoms with van der Waals surface area (Å²) >= 11 is 6.24. The lowest BCUT2D eigenvalue weighted by atomic mass is 9.81. The quantitative estimate of drug-likeness (QED) is 0.254. The molecule has 4 aliphatic rings. The fourth-order valence-corrected chi connectivity index (χ4v) is 7.56. The maximum Gasteiger partial charge on any atom is 0.246 e. The van der Waals surface area contributed by atoms with Gasteiger partial charge >= 0.3 is 0 Å². The predicted octanol–water partition coefficient (Wildman–Crippen LogP) is 4.64. The molecule has 0 radical (unpaired) electrons. The van der Waals surface area contributed by atoms with Gasteiger partial charge in [-0.2, -0.15) is 0 Å². The molecule has 3 amide bonds. The summed E-state index contributed by atoms with van der Waals surface area (Å²) in [6.07, 6.45) is 6.91. The lowest BCUT2D eigenvalue weighted by Crippen LogP contribution is -2.59. The molecule has 49 heavy (non-hydrogen) atoms. The van der Waals surface area contributed by atoms with Gasteiger partial charge in [0.1, 0.15) is 12.1 Å². The number of rotatable bonds is 13. The summed E-state index contributed by atoms with van der Waals surface area (Å²) in [5.74, 6) is -2.33. The molecule has 1 aromatic carbocycles. The molecule has 2 saturated carbocycles. The van der Waals surface area contributed by atoms with Crippen LogP contribution in [0.4, 0.5) is 0 Å². The van der Waals surface area contributed by atoms with Crippen molar-refractivity contribution in [2.24, 2.45) is 16.5 Å². The Morgan fingerprint density at radius 3 is 2.45 bits per heavy atom. The maximum atomic E-state index is 14.6. The standard InChI is InChI=1S/C37H51ClN4O7/c1-5-10-26(31(45)29(43)17-23-13-14-23)39-33(46)28-20-37(19-27(41-49-37)24-11-9-12-25(38)18-24)22-42(28)34(47)32(35(2,3)4)40-30(44)21-36(48)15-7-6-8-16-36/h9,11-12,18,23,26,28,32,48H,5-8,10,13-17,19-22H2,1-4H3,(H,39,46)(H,40,44)/t26-,28-,32+,37+/m0/s1. The van der Waals surface area contributed by atoms with Gasteiger partial charge in [-0.1, -0.05) is 82.3 Å². The average molecular weight is 699 g/mol. The number of halogens is 1. The molecule has 3 N–H and O–H groups in total. The summed E-state index contributed by atoms with van der Waals surface area (Å²) in [4.78, 5) is 75.6. The largest absolute Gasteiger partial charge is 0.389 e. The number of likely N-dealkylation sites (tertiary alicyclic amines) is 1. The van der Waals surface area contributed by atoms with Gasteiger partial charge in [-0.3, -0.25) is 24.0 Å². The third kappa shape index (κ3) is 9.08. The van der Waals surface area contributed by atoms with Crippen LogP contribution in [0.15, 0.2) is 29.4 Å². The van der Waals surface area contributed by atoms with Crippen LogP contribution in [0.25, 0.3) is 0 Å². The van der Waals surface area contributed by atoms with Crippen LogP contribution in [0.2, 0.25) is 5.02 Å². The molecule has 4 atom stereocenters. The fourth-order valence-electron chi connectivity index (χ4n) is 7.37. The second kappa shape index (κ2) is 14.9. The van der Waals surface area contributed by atoms with E-state index in [1.807, 2.05) is 39.8 Å². The zero-order valence-corrected chi connectivity index (χ0v) is 29.9. The van der Waals surface area contributed by atoms with Crippen molar-refractivity contribution in [3.05, 3.63) is 34.9 Å². The molecule has 3 fully saturated rings. The van der Waals surface area contributed by atoms with E-state index in [0.29, 0.717) is 36.4 Å². The Kier molecular flexibility index (Phi) is 11.2. The Morgan fingerprint density at radius 1 is 1.10 bits per heavy atom. The van der Waals surface area contributed by atoms with Gasteiger partial charge in [0.2, 0.25) is 29.3 Å². The number of oxime groups is 1. The Morgan fingerprint density at radius 2 is 1.82 bits per heavy atom. The van der Waals surface area contributed by atoms with Crippen molar-refractivity contribution in [1.82, 2.24) is 15.5 Å². The van der Waals surface area contributed by atoms with E-state index in [4.69, 9.17) is 16.4 Å². The molecule has 0 aromatic heterocycles. The minimum Gasteiger partial charge on any atom is -0.389 e. The second-order valence-electron chi connectivity index (χ2n) is 15.8. The Balaban J connectivity index is 1.39. The van der Waals surface area contributed by atoms with Crippen molar-refractivity contribution in [2.75, 3.05) is 6.54 Å². The van der Waals surface area contributed by atoms with Gasteiger partial charge in [0, 0.05) is 29.8 Å². The predicted molar refractivity (Wildman–Crippen MR) is 185 cm³/mol. The number of benzene rings is 1. The van der Waals surface area contributed by atoms with Crippen molar-refractivity contribution in [1.29, 1.82) is 0 Å². The van der Waals surface area contributed by atoms with E-state index in [1.165, 1.54) is 4.90 Å². The first-order valence-electron chi connectivity index (χ1n) is 17.8. The third-order valence-corrected chi connectivity index (χ3v) is 10.6. The lowest BCUT2D eigenvalue weighted by Gasteiger charge is -2.37. The summed E-state index contributed by atoms with van der Waals surface area (Å²) in [5.41, 5.74) is -1.52. The molecule has 1 saturated heterocycles. The molecule has 11 nitrogen and oxygen atoms in total. The Bertz CT molecular complexity index is 1480. The van der Waals surface area contributed by atoms with Gasteiger partial charge in [0.25, 0.3) is 0 Å². The van der Waals surface area contributed by atoms with E-state index < -0.39 is 64.0 Å². The molecule has 1 aromatic rings. The molecule has 2 aliphatic carbocycles. The minimum absolute atomic E-state index is 0.0108. The molecule has 2 aliphatic heterocycles. The van der Waals surface area contributed by atoms with E-state index in [9.17, 15) is 29.1 Å². The van der Waals surface area contributed by atoms with E-state index in [2.05, 4.69) is 15.8 Å². The van der Waals surface area contributed by atoms with Crippen molar-refractivity contribution < 1.29 is 33.9 Å². The Hall–Kier alpha value is -3.31. The number of hydrogen-bond acceptors (Lipinski definition) is 8. The molecule has 12 heteroatoms. The van der Waals surface area contributed by atoms with Gasteiger partial charge in [0.15, 0.2) is 5.60 Å². The van der Waals surface area contributed by atoms with Gasteiger partial charge in [-0.05, 0) is 55.6 Å². The molecular weight excluding hydrogens is 648 g/mol. The highest BCUT2D eigenvalue weighted by molar-refractivity contribution is 6.39. The zero-order chi connectivity index (χ0) is 35.6. The second-order valence-corrected chi connectivity index (χ2v) is 16.2. The van der Waals surface area contributed by atoms with E-state index >= 15 is 0 Å². The molecule has 2 heterocycles. The number of Topliss-reactive ketones (excluding diaryl/α,β-unsaturated/α-hetero) is 2. The van der Waals surface area contributed by atoms with Crippen LogP contribution in [0.1, 0.15) is 117 Å². The van der Waals surface area contributed by atoms with E-state index in [-0.39, 0.29) is 38.1 Å². The average Bonchev–Trinajstić information content (AvgIpc) is 3.63. The van der Waals surface area contributed by atoms with Crippen molar-refractivity contribution in [2.45, 2.75) is 140 Å². The smallest absolute Gasteiger partial charge is 0.246 e. The number of nitrogens with one attached hydrogen (secondary N) is 2. The fraction of sp³-hybridized carbons (Fsp3) is 0.676. The van der Waals surface area contributed by atoms with Crippen molar-refractivity contribution in [3.63, 3.8) is 0 Å². The first-order chi connectivity index (χ1) is 23.1. The summed E-state index contributed by atoms with van der Waals surface area (Å²) in [6, 6.07) is 4.11. The van der Waals surface area contributed by atoms with Crippen LogP contribution in [-0.4, -0.2) is 80.9 Å². The number of aliphatic hydroxyl groups is 1. The molecule has 0 unspecified atom stereocenters. The highest BCUT2D eigenvalue weighted by atomic mass is 35.5. The van der Waals surface area contributed by atoms with Crippen LogP contribution < -0.4 is 10.6 Å². The zero-order valence-electron chi connectivity index (χ0n) is 29.2. The van der Waals surface area contributed by atoms with E-state index in [0.717, 1.165) is 37.7 Å². The number of ketones is 2. The summed E-state index contributed by atoms with van der Waals surface area (Å²) < 4.78 is 0. The summed E-state index contributed by atoms with van der Waals surface area (Å²) in [6.45, 7) is 7.39. The normalized spacial score (nSPS) is 24.5. The monoisotopic (exact) mass is 698 g/mol. The van der Waals surface area contributed by atoms with Gasteiger partial charge in [0.05, 0.1) is 30.3 Å². The topological polar surface area (TPSA) is 154 Å². The molecular formula is C37H51ClN4O7. The number of carbonyl (C=O) groups excluding carboxylic acids is 5. The number of hydrogen-bond donors (Lipinski definition) is 3. The van der Waals surface area contributed by atoms with Gasteiger partial charge in [-0.25, -0.2) is 0 Å². The highest BCUT2D eigenvalue weighted by Crippen LogP contribution is 2.40. The lowest BCUT2D eigenvalue weighted by molar-refractivity contribution is -0.146. The van der Waals surface area contributed by atoms with Crippen molar-refractivity contribution >= 4 is 46.6 Å². The molecule has 268 valence electrons. The number of amides is 3. The highest BCUT2D eigenvalue weighted by Gasteiger charge is 2.56. The summed E-state index contributed by atoms with van der Waals surface area (Å²) in [7, 11) is 0. The maximum absolute atomic E-state index is 14.6.